The number of furan rings is 1. The number of benzene rings is 1. The van der Waals surface area contributed by atoms with Gasteiger partial charge in [0, 0.05) is 5.56 Å². The summed E-state index contributed by atoms with van der Waals surface area (Å²) in [7, 11) is 0. The molecule has 106 valence electrons. The van der Waals surface area contributed by atoms with Gasteiger partial charge in [-0.2, -0.15) is 4.68 Å². The van der Waals surface area contributed by atoms with E-state index in [1.807, 2.05) is 0 Å². The monoisotopic (exact) mass is 285 g/mol. The van der Waals surface area contributed by atoms with E-state index in [0.717, 1.165) is 4.68 Å². The summed E-state index contributed by atoms with van der Waals surface area (Å²) >= 11 is 0. The fraction of sp³-hybridized carbons (Fsp3) is 0.0714. The Kier molecular flexibility index (Phi) is 3.15. The van der Waals surface area contributed by atoms with Gasteiger partial charge in [-0.3, -0.25) is 4.79 Å². The first-order chi connectivity index (χ1) is 10.1. The molecule has 2 N–H and O–H groups in total. The van der Waals surface area contributed by atoms with Crippen molar-refractivity contribution in [2.45, 2.75) is 6.54 Å². The summed E-state index contributed by atoms with van der Waals surface area (Å²) in [4.78, 5) is 22.9. The fourth-order valence-corrected chi connectivity index (χ4v) is 1.90. The van der Waals surface area contributed by atoms with Crippen LogP contribution in [0, 0.1) is 0 Å². The van der Waals surface area contributed by atoms with Crippen LogP contribution in [0.2, 0.25) is 0 Å². The number of nitrogens with zero attached hydrogens (tertiary/aromatic N) is 2. The minimum Gasteiger partial charge on any atom is -0.459 e. The highest BCUT2D eigenvalue weighted by molar-refractivity contribution is 5.92. The molecule has 0 aliphatic rings. The Morgan fingerprint density at radius 2 is 2.14 bits per heavy atom. The Bertz CT molecular complexity index is 830. The van der Waals surface area contributed by atoms with E-state index >= 15 is 0 Å². The minimum absolute atomic E-state index is 0.107. The molecule has 2 heterocycles. The van der Waals surface area contributed by atoms with E-state index in [-0.39, 0.29) is 12.4 Å². The van der Waals surface area contributed by atoms with Gasteiger partial charge in [0.15, 0.2) is 5.76 Å². The summed E-state index contributed by atoms with van der Waals surface area (Å²) < 4.78 is 11.3. The number of nitrogens with two attached hydrogens (primary N) is 1. The Labute approximate surface area is 118 Å². The zero-order chi connectivity index (χ0) is 14.8. The molecule has 0 spiro atoms. The molecule has 7 nitrogen and oxygen atoms in total. The first-order valence-corrected chi connectivity index (χ1v) is 6.14. The van der Waals surface area contributed by atoms with Crippen LogP contribution in [0.5, 0.6) is 0 Å². The maximum absolute atomic E-state index is 11.8. The molecule has 0 unspecified atom stereocenters. The average Bonchev–Trinajstić information content (AvgIpc) is 3.10. The van der Waals surface area contributed by atoms with E-state index in [1.54, 1.807) is 36.4 Å². The SMILES string of the molecule is NC(=O)c1cccc(Cn2nc(-c3ccco3)oc2=O)c1. The van der Waals surface area contributed by atoms with Gasteiger partial charge < -0.3 is 14.6 Å². The van der Waals surface area contributed by atoms with Gasteiger partial charge in [-0.15, -0.1) is 5.10 Å². The summed E-state index contributed by atoms with van der Waals surface area (Å²) in [6, 6.07) is 9.98. The van der Waals surface area contributed by atoms with Gasteiger partial charge >= 0.3 is 5.76 Å². The summed E-state index contributed by atoms with van der Waals surface area (Å²) in [5.74, 6) is -0.653. The third kappa shape index (κ3) is 2.62. The van der Waals surface area contributed by atoms with Gasteiger partial charge in [-0.25, -0.2) is 4.79 Å². The van der Waals surface area contributed by atoms with Gasteiger partial charge in [0.25, 0.3) is 5.89 Å². The van der Waals surface area contributed by atoms with E-state index in [0.29, 0.717) is 16.9 Å². The van der Waals surface area contributed by atoms with Crippen LogP contribution in [0.3, 0.4) is 0 Å². The average molecular weight is 285 g/mol. The lowest BCUT2D eigenvalue weighted by atomic mass is 10.1. The third-order valence-corrected chi connectivity index (χ3v) is 2.88. The second-order valence-electron chi connectivity index (χ2n) is 4.37. The van der Waals surface area contributed by atoms with E-state index in [2.05, 4.69) is 5.10 Å². The van der Waals surface area contributed by atoms with Crippen molar-refractivity contribution in [2.24, 2.45) is 5.73 Å². The number of rotatable bonds is 4. The Hall–Kier alpha value is -3.09. The molecular weight excluding hydrogens is 274 g/mol. The first kappa shape index (κ1) is 12.9. The predicted molar refractivity (Wildman–Crippen MR) is 72.5 cm³/mol. The smallest absolute Gasteiger partial charge is 0.437 e. The summed E-state index contributed by atoms with van der Waals surface area (Å²) in [6.45, 7) is 0.171. The Morgan fingerprint density at radius 1 is 1.29 bits per heavy atom. The first-order valence-electron chi connectivity index (χ1n) is 6.14. The zero-order valence-corrected chi connectivity index (χ0v) is 10.9. The molecule has 0 saturated heterocycles. The molecule has 1 amide bonds. The molecular formula is C14H11N3O4. The molecule has 1 aromatic carbocycles. The number of primary amides is 1. The maximum atomic E-state index is 11.8. The predicted octanol–water partition coefficient (Wildman–Crippen LogP) is 1.24. The zero-order valence-electron chi connectivity index (χ0n) is 10.9. The minimum atomic E-state index is -0.606. The van der Waals surface area contributed by atoms with Crippen molar-refractivity contribution in [2.75, 3.05) is 0 Å². The standard InChI is InChI=1S/C14H11N3O4/c15-12(18)10-4-1-3-9(7-10)8-17-14(19)21-13(16-17)11-5-2-6-20-11/h1-7H,8H2,(H2,15,18). The van der Waals surface area contributed by atoms with Crippen molar-refractivity contribution in [1.82, 2.24) is 9.78 Å². The van der Waals surface area contributed by atoms with E-state index in [4.69, 9.17) is 14.6 Å². The van der Waals surface area contributed by atoms with Crippen LogP contribution in [-0.4, -0.2) is 15.7 Å². The third-order valence-electron chi connectivity index (χ3n) is 2.88. The number of carbonyl (C=O) groups excluding carboxylic acids is 1. The van der Waals surface area contributed by atoms with E-state index < -0.39 is 11.7 Å². The quantitative estimate of drug-likeness (QED) is 0.776. The van der Waals surface area contributed by atoms with Crippen molar-refractivity contribution in [3.8, 4) is 11.7 Å². The molecule has 21 heavy (non-hydrogen) atoms. The van der Waals surface area contributed by atoms with Gasteiger partial charge in [-0.05, 0) is 29.8 Å². The topological polar surface area (TPSA) is 104 Å². The molecule has 3 aromatic rings. The van der Waals surface area contributed by atoms with Crippen LogP contribution < -0.4 is 11.5 Å². The maximum Gasteiger partial charge on any atom is 0.437 e. The van der Waals surface area contributed by atoms with Crippen molar-refractivity contribution >= 4 is 5.91 Å². The van der Waals surface area contributed by atoms with Crippen LogP contribution in [0.1, 0.15) is 15.9 Å². The van der Waals surface area contributed by atoms with Crippen LogP contribution in [0.4, 0.5) is 0 Å². The molecule has 2 aromatic heterocycles. The molecule has 0 bridgehead atoms. The second-order valence-corrected chi connectivity index (χ2v) is 4.37. The molecule has 0 fully saturated rings. The Morgan fingerprint density at radius 3 is 2.86 bits per heavy atom. The van der Waals surface area contributed by atoms with E-state index in [9.17, 15) is 9.59 Å². The van der Waals surface area contributed by atoms with Crippen molar-refractivity contribution in [3.63, 3.8) is 0 Å². The number of hydrogen-bond acceptors (Lipinski definition) is 5. The summed E-state index contributed by atoms with van der Waals surface area (Å²) in [5.41, 5.74) is 6.31. The Balaban J connectivity index is 1.90. The summed E-state index contributed by atoms with van der Waals surface area (Å²) in [6.07, 6.45) is 1.46. The van der Waals surface area contributed by atoms with Gasteiger partial charge in [-0.1, -0.05) is 12.1 Å². The van der Waals surface area contributed by atoms with Crippen molar-refractivity contribution in [3.05, 3.63) is 64.3 Å². The molecule has 7 heteroatoms. The number of aromatic nitrogens is 2. The van der Waals surface area contributed by atoms with Gasteiger partial charge in [0.1, 0.15) is 0 Å². The normalized spacial score (nSPS) is 10.7. The van der Waals surface area contributed by atoms with Gasteiger partial charge in [0.05, 0.1) is 12.8 Å². The van der Waals surface area contributed by atoms with Crippen molar-refractivity contribution in [1.29, 1.82) is 0 Å². The largest absolute Gasteiger partial charge is 0.459 e. The molecule has 0 radical (unpaired) electrons. The lowest BCUT2D eigenvalue weighted by molar-refractivity contribution is 0.1000. The molecule has 0 aliphatic heterocycles. The number of amides is 1. The number of carbonyl (C=O) groups is 1. The van der Waals surface area contributed by atoms with Crippen LogP contribution in [0.25, 0.3) is 11.7 Å². The highest BCUT2D eigenvalue weighted by atomic mass is 16.4. The molecule has 0 atom stereocenters. The van der Waals surface area contributed by atoms with Crippen LogP contribution >= 0.6 is 0 Å². The van der Waals surface area contributed by atoms with Crippen LogP contribution in [0.15, 0.2) is 56.3 Å². The van der Waals surface area contributed by atoms with Crippen LogP contribution in [-0.2, 0) is 6.54 Å². The molecule has 0 aliphatic carbocycles. The van der Waals surface area contributed by atoms with Crippen molar-refractivity contribution < 1.29 is 13.6 Å². The molecule has 0 saturated carbocycles. The van der Waals surface area contributed by atoms with Gasteiger partial charge in [0.2, 0.25) is 5.91 Å². The highest BCUT2D eigenvalue weighted by Crippen LogP contribution is 2.15. The second kappa shape index (κ2) is 5.12. The number of hydrogen-bond donors (Lipinski definition) is 1. The lowest BCUT2D eigenvalue weighted by Gasteiger charge is -2.01. The van der Waals surface area contributed by atoms with E-state index in [1.165, 1.54) is 6.26 Å². The highest BCUT2D eigenvalue weighted by Gasteiger charge is 2.13. The lowest BCUT2D eigenvalue weighted by Crippen LogP contribution is -2.17. The fourth-order valence-electron chi connectivity index (χ4n) is 1.90. The summed E-state index contributed by atoms with van der Waals surface area (Å²) in [5, 5.41) is 4.05. The molecule has 3 rings (SSSR count).